The van der Waals surface area contributed by atoms with Crippen molar-refractivity contribution in [2.45, 2.75) is 63.3 Å². The summed E-state index contributed by atoms with van der Waals surface area (Å²) >= 11 is 0. The highest BCUT2D eigenvalue weighted by molar-refractivity contribution is 6.11. The highest BCUT2D eigenvalue weighted by Gasteiger charge is 2.16. The first-order chi connectivity index (χ1) is 7.34. The molecule has 15 heavy (non-hydrogen) atoms. The summed E-state index contributed by atoms with van der Waals surface area (Å²) in [6.45, 7) is 0. The average molecular weight is 219 g/mol. The molecule has 0 unspecified atom stereocenters. The van der Waals surface area contributed by atoms with Crippen LogP contribution in [-0.2, 0) is 0 Å². The number of allylic oxidation sites excluding steroid dienone is 2. The lowest BCUT2D eigenvalue weighted by atomic mass is 9.85. The Morgan fingerprint density at radius 3 is 1.80 bits per heavy atom. The van der Waals surface area contributed by atoms with E-state index in [0.29, 0.717) is 0 Å². The minimum atomic E-state index is 0.796. The van der Waals surface area contributed by atoms with Gasteiger partial charge in [0.25, 0.3) is 0 Å². The van der Waals surface area contributed by atoms with Crippen LogP contribution in [0.1, 0.15) is 57.8 Å². The summed E-state index contributed by atoms with van der Waals surface area (Å²) in [7, 11) is 3.77. The molecule has 0 aromatic heterocycles. The molecule has 0 aliphatic heterocycles. The second kappa shape index (κ2) is 5.88. The van der Waals surface area contributed by atoms with Crippen LogP contribution in [0.5, 0.6) is 0 Å². The van der Waals surface area contributed by atoms with Gasteiger partial charge < -0.3 is 0 Å². The molecule has 83 valence electrons. The smallest absolute Gasteiger partial charge is 0.0266 e. The second-order valence-corrected chi connectivity index (χ2v) is 6.21. The van der Waals surface area contributed by atoms with Crippen LogP contribution in [0.15, 0.2) is 12.2 Å². The first kappa shape index (κ1) is 11.4. The van der Waals surface area contributed by atoms with Crippen LogP contribution in [0.2, 0.25) is 5.54 Å². The summed E-state index contributed by atoms with van der Waals surface area (Å²) in [6.07, 6.45) is 17.9. The molecule has 0 spiro atoms. The van der Waals surface area contributed by atoms with Crippen molar-refractivity contribution in [1.82, 2.24) is 0 Å². The van der Waals surface area contributed by atoms with Gasteiger partial charge in [0.05, 0.1) is 0 Å². The second-order valence-electron chi connectivity index (χ2n) is 5.39. The molecule has 0 aromatic rings. The Kier molecular flexibility index (Phi) is 4.49. The Balaban J connectivity index is 1.73. The van der Waals surface area contributed by atoms with E-state index >= 15 is 0 Å². The zero-order chi connectivity index (χ0) is 10.5. The highest BCUT2D eigenvalue weighted by Crippen LogP contribution is 2.32. The molecule has 0 saturated heterocycles. The fourth-order valence-electron chi connectivity index (χ4n) is 2.95. The van der Waals surface area contributed by atoms with Crippen LogP contribution in [0, 0.1) is 11.8 Å². The standard InChI is InChI=1S/C14H23Si/c15-14-10-8-13(9-11-14)7-6-12-4-2-1-3-5-12/h6-7,12-14H,1-5,8-11H2. The summed E-state index contributed by atoms with van der Waals surface area (Å²) in [5.41, 5.74) is 0.796. The van der Waals surface area contributed by atoms with Crippen LogP contribution < -0.4 is 0 Å². The quantitative estimate of drug-likeness (QED) is 0.480. The predicted molar refractivity (Wildman–Crippen MR) is 67.2 cm³/mol. The normalized spacial score (nSPS) is 34.7. The number of hydrogen-bond donors (Lipinski definition) is 0. The number of hydrogen-bond acceptors (Lipinski definition) is 0. The monoisotopic (exact) mass is 219 g/mol. The van der Waals surface area contributed by atoms with Crippen molar-refractivity contribution in [3.8, 4) is 0 Å². The molecule has 0 nitrogen and oxygen atoms in total. The first-order valence-electron chi connectivity index (χ1n) is 6.74. The highest BCUT2D eigenvalue weighted by atomic mass is 28.1. The Bertz CT molecular complexity index is 195. The molecular formula is C14H23Si. The van der Waals surface area contributed by atoms with Crippen molar-refractivity contribution < 1.29 is 0 Å². The van der Waals surface area contributed by atoms with Crippen molar-refractivity contribution in [1.29, 1.82) is 0 Å². The third kappa shape index (κ3) is 3.79. The van der Waals surface area contributed by atoms with E-state index in [4.69, 9.17) is 0 Å². The van der Waals surface area contributed by atoms with Gasteiger partial charge in [0.2, 0.25) is 0 Å². The van der Waals surface area contributed by atoms with Gasteiger partial charge in [-0.1, -0.05) is 49.8 Å². The Morgan fingerprint density at radius 2 is 1.20 bits per heavy atom. The van der Waals surface area contributed by atoms with E-state index in [-0.39, 0.29) is 0 Å². The molecule has 2 fully saturated rings. The van der Waals surface area contributed by atoms with Gasteiger partial charge in [0, 0.05) is 10.2 Å². The molecule has 0 N–H and O–H groups in total. The summed E-state index contributed by atoms with van der Waals surface area (Å²) in [5.74, 6) is 1.81. The minimum absolute atomic E-state index is 0.796. The summed E-state index contributed by atoms with van der Waals surface area (Å²) in [5, 5.41) is 0. The van der Waals surface area contributed by atoms with Gasteiger partial charge in [0.1, 0.15) is 0 Å². The van der Waals surface area contributed by atoms with Gasteiger partial charge >= 0.3 is 0 Å². The molecular weight excluding hydrogens is 196 g/mol. The van der Waals surface area contributed by atoms with Gasteiger partial charge in [-0.3, -0.25) is 0 Å². The van der Waals surface area contributed by atoms with Crippen molar-refractivity contribution in [3.63, 3.8) is 0 Å². The summed E-state index contributed by atoms with van der Waals surface area (Å²) < 4.78 is 0. The third-order valence-corrected chi connectivity index (χ3v) is 4.65. The van der Waals surface area contributed by atoms with Crippen molar-refractivity contribution >= 4 is 10.2 Å². The van der Waals surface area contributed by atoms with Gasteiger partial charge in [-0.2, -0.15) is 0 Å². The lowest BCUT2D eigenvalue weighted by Gasteiger charge is -2.24. The summed E-state index contributed by atoms with van der Waals surface area (Å²) in [4.78, 5) is 0. The van der Waals surface area contributed by atoms with E-state index in [1.807, 2.05) is 0 Å². The largest absolute Gasteiger partial charge is 0.0851 e. The Hall–Kier alpha value is -0.0431. The van der Waals surface area contributed by atoms with E-state index in [9.17, 15) is 0 Å². The van der Waals surface area contributed by atoms with Crippen LogP contribution in [-0.4, -0.2) is 10.2 Å². The third-order valence-electron chi connectivity index (χ3n) is 4.08. The minimum Gasteiger partial charge on any atom is -0.0851 e. The van der Waals surface area contributed by atoms with Gasteiger partial charge in [0.15, 0.2) is 0 Å². The lowest BCUT2D eigenvalue weighted by Crippen LogP contribution is -2.10. The van der Waals surface area contributed by atoms with Crippen molar-refractivity contribution in [2.75, 3.05) is 0 Å². The predicted octanol–water partition coefficient (Wildman–Crippen LogP) is 4.27. The molecule has 1 heteroatoms. The fourth-order valence-corrected chi connectivity index (χ4v) is 3.29. The zero-order valence-electron chi connectivity index (χ0n) is 9.75. The van der Waals surface area contributed by atoms with Crippen LogP contribution >= 0.6 is 0 Å². The van der Waals surface area contributed by atoms with Crippen LogP contribution in [0.25, 0.3) is 0 Å². The van der Waals surface area contributed by atoms with Gasteiger partial charge in [-0.25, -0.2) is 0 Å². The SMILES string of the molecule is [Si]C1CCC(C=CC2CCCCC2)CC1. The first-order valence-corrected chi connectivity index (χ1v) is 7.32. The molecule has 0 heterocycles. The Labute approximate surface area is 98.0 Å². The molecule has 3 radical (unpaired) electrons. The van der Waals surface area contributed by atoms with Gasteiger partial charge in [-0.15, -0.1) is 0 Å². The number of rotatable bonds is 2. The maximum Gasteiger partial charge on any atom is 0.0266 e. The maximum absolute atomic E-state index is 3.77. The van der Waals surface area contributed by atoms with E-state index in [1.165, 1.54) is 57.8 Å². The average Bonchev–Trinajstić information content (AvgIpc) is 2.30. The molecule has 0 amide bonds. The topological polar surface area (TPSA) is 0 Å². The maximum atomic E-state index is 3.77. The van der Waals surface area contributed by atoms with Crippen LogP contribution in [0.3, 0.4) is 0 Å². The Morgan fingerprint density at radius 1 is 0.667 bits per heavy atom. The molecule has 0 bridgehead atoms. The molecule has 2 aliphatic rings. The molecule has 2 aliphatic carbocycles. The van der Waals surface area contributed by atoms with Gasteiger partial charge in [-0.05, 0) is 37.5 Å². The fraction of sp³-hybridized carbons (Fsp3) is 0.857. The molecule has 0 atom stereocenters. The van der Waals surface area contributed by atoms with E-state index in [2.05, 4.69) is 22.4 Å². The molecule has 2 rings (SSSR count). The molecule has 0 aromatic carbocycles. The zero-order valence-corrected chi connectivity index (χ0v) is 10.8. The van der Waals surface area contributed by atoms with Crippen molar-refractivity contribution in [2.24, 2.45) is 11.8 Å². The van der Waals surface area contributed by atoms with E-state index < -0.39 is 0 Å². The van der Waals surface area contributed by atoms with Crippen molar-refractivity contribution in [3.05, 3.63) is 12.2 Å². The lowest BCUT2D eigenvalue weighted by molar-refractivity contribution is 0.401. The van der Waals surface area contributed by atoms with E-state index in [0.717, 1.165) is 17.4 Å². The van der Waals surface area contributed by atoms with E-state index in [1.54, 1.807) is 0 Å². The molecule has 2 saturated carbocycles. The summed E-state index contributed by atoms with van der Waals surface area (Å²) in [6, 6.07) is 0. The van der Waals surface area contributed by atoms with Crippen LogP contribution in [0.4, 0.5) is 0 Å².